The summed E-state index contributed by atoms with van der Waals surface area (Å²) in [6, 6.07) is 16.6. The number of nitrogens with zero attached hydrogens (tertiary/aromatic N) is 3. The van der Waals surface area contributed by atoms with Crippen molar-refractivity contribution in [1.29, 1.82) is 0 Å². The fourth-order valence-corrected chi connectivity index (χ4v) is 8.22. The predicted molar refractivity (Wildman–Crippen MR) is 212 cm³/mol. The van der Waals surface area contributed by atoms with Crippen LogP contribution in [0.15, 0.2) is 71.9 Å². The summed E-state index contributed by atoms with van der Waals surface area (Å²) in [5.74, 6) is 0.836. The number of piperidine rings is 1. The summed E-state index contributed by atoms with van der Waals surface area (Å²) < 4.78 is 43.2. The molecule has 3 aromatic carbocycles. The van der Waals surface area contributed by atoms with E-state index in [2.05, 4.69) is 35.9 Å². The van der Waals surface area contributed by atoms with Gasteiger partial charge in [0.05, 0.1) is 22.6 Å². The Hall–Kier alpha value is -4.20. The largest absolute Gasteiger partial charge is 0.493 e. The summed E-state index contributed by atoms with van der Waals surface area (Å²) in [7, 11) is -3.47. The number of aliphatic hydroxyl groups is 1. The molecule has 0 radical (unpaired) electrons. The quantitative estimate of drug-likeness (QED) is 0.115. The van der Waals surface area contributed by atoms with Crippen LogP contribution in [-0.2, 0) is 34.4 Å². The first kappa shape index (κ1) is 40.5. The summed E-state index contributed by atoms with van der Waals surface area (Å²) in [6.45, 7) is 8.48. The van der Waals surface area contributed by atoms with E-state index in [0.717, 1.165) is 85.1 Å². The van der Waals surface area contributed by atoms with E-state index in [-0.39, 0.29) is 24.2 Å². The second-order valence-electron chi connectivity index (χ2n) is 14.6. The molecule has 0 unspecified atom stereocenters. The zero-order valence-electron chi connectivity index (χ0n) is 31.7. The first-order valence-electron chi connectivity index (χ1n) is 18.8. The Morgan fingerprint density at radius 3 is 2.40 bits per heavy atom. The Balaban J connectivity index is 1.20. The summed E-state index contributed by atoms with van der Waals surface area (Å²) in [6.07, 6.45) is 7.77. The van der Waals surface area contributed by atoms with Crippen LogP contribution in [0.5, 0.6) is 17.2 Å². The molecule has 11 nitrogen and oxygen atoms in total. The standard InChI is InChI=1S/C42H50ClN3O8S/c1-28-31(9-6-10-35(28)36-11-7-13-39(29(36)2)52-18-8-15-45-17-14-33(47)25-45)27-54-41-21-40(53-26-30-19-34(23-44-22-30)55(3,50)51)32(20-37(41)43)24-46-16-5-4-12-38(46)42(48)49/h6-7,9-11,13,19-23,33,38,47H,4-5,8,12,14-18,24-27H2,1-3H3,(H,48,49)/t33-,38+/m1/s1. The molecular formula is C42H50ClN3O8S. The normalized spacial score (nSPS) is 18.0. The van der Waals surface area contributed by atoms with Gasteiger partial charge in [-0.25, -0.2) is 8.42 Å². The molecule has 2 fully saturated rings. The maximum Gasteiger partial charge on any atom is 0.320 e. The van der Waals surface area contributed by atoms with Crippen LogP contribution in [0.25, 0.3) is 11.1 Å². The van der Waals surface area contributed by atoms with Crippen LogP contribution in [0.2, 0.25) is 5.02 Å². The molecule has 3 heterocycles. The fraction of sp³-hybridized carbons (Fsp3) is 0.429. The Morgan fingerprint density at radius 1 is 0.891 bits per heavy atom. The van der Waals surface area contributed by atoms with E-state index in [4.69, 9.17) is 25.8 Å². The van der Waals surface area contributed by atoms with E-state index >= 15 is 0 Å². The minimum Gasteiger partial charge on any atom is -0.493 e. The Bertz CT molecular complexity index is 2100. The van der Waals surface area contributed by atoms with Crippen LogP contribution in [0.4, 0.5) is 0 Å². The molecule has 13 heteroatoms. The summed E-state index contributed by atoms with van der Waals surface area (Å²) in [4.78, 5) is 20.5. The number of rotatable bonds is 16. The van der Waals surface area contributed by atoms with Crippen LogP contribution >= 0.6 is 11.6 Å². The molecule has 0 aliphatic carbocycles. The number of carboxylic acids is 1. The molecule has 2 saturated heterocycles. The third kappa shape index (κ3) is 10.4. The smallest absolute Gasteiger partial charge is 0.320 e. The van der Waals surface area contributed by atoms with Crippen molar-refractivity contribution in [2.75, 3.05) is 39.0 Å². The average Bonchev–Trinajstić information content (AvgIpc) is 3.58. The van der Waals surface area contributed by atoms with Gasteiger partial charge in [0.25, 0.3) is 0 Å². The Labute approximate surface area is 328 Å². The number of aliphatic carboxylic acids is 1. The highest BCUT2D eigenvalue weighted by Gasteiger charge is 2.29. The maximum atomic E-state index is 12.2. The number of β-amino-alcohol motifs (C(OH)–C–C–N with tert-alkyl or cyclic N) is 1. The lowest BCUT2D eigenvalue weighted by atomic mass is 9.93. The number of hydrogen-bond acceptors (Lipinski definition) is 10. The molecular weight excluding hydrogens is 742 g/mol. The van der Waals surface area contributed by atoms with E-state index in [1.807, 2.05) is 29.2 Å². The van der Waals surface area contributed by atoms with Gasteiger partial charge in [-0.05, 0) is 92.1 Å². The molecule has 2 atom stereocenters. The molecule has 2 N–H and O–H groups in total. The maximum absolute atomic E-state index is 12.2. The summed E-state index contributed by atoms with van der Waals surface area (Å²) >= 11 is 6.85. The zero-order chi connectivity index (χ0) is 39.1. The highest BCUT2D eigenvalue weighted by Crippen LogP contribution is 2.37. The van der Waals surface area contributed by atoms with Crippen LogP contribution in [-0.4, -0.2) is 90.6 Å². The Kier molecular flexibility index (Phi) is 13.4. The molecule has 4 aromatic rings. The number of aliphatic hydroxyl groups excluding tert-OH is 1. The number of pyridine rings is 1. The number of carbonyl (C=O) groups is 1. The minimum absolute atomic E-state index is 0.0264. The molecule has 1 aromatic heterocycles. The second kappa shape index (κ2) is 18.2. The van der Waals surface area contributed by atoms with Gasteiger partial charge in [0.1, 0.15) is 36.5 Å². The van der Waals surface area contributed by atoms with E-state index in [0.29, 0.717) is 53.8 Å². The average molecular weight is 792 g/mol. The monoisotopic (exact) mass is 791 g/mol. The fourth-order valence-electron chi connectivity index (χ4n) is 7.37. The van der Waals surface area contributed by atoms with E-state index < -0.39 is 21.8 Å². The third-order valence-corrected chi connectivity index (χ3v) is 11.9. The van der Waals surface area contributed by atoms with Gasteiger partial charge in [0, 0.05) is 62.0 Å². The zero-order valence-corrected chi connectivity index (χ0v) is 33.2. The topological polar surface area (TPSA) is 139 Å². The van der Waals surface area contributed by atoms with Crippen molar-refractivity contribution in [3.8, 4) is 28.4 Å². The van der Waals surface area contributed by atoms with Crippen molar-refractivity contribution >= 4 is 27.4 Å². The molecule has 294 valence electrons. The van der Waals surface area contributed by atoms with Gasteiger partial charge in [-0.1, -0.05) is 48.4 Å². The van der Waals surface area contributed by atoms with Gasteiger partial charge in [0.15, 0.2) is 9.84 Å². The van der Waals surface area contributed by atoms with Gasteiger partial charge in [0.2, 0.25) is 0 Å². The SMILES string of the molecule is Cc1c(COc2cc(OCc3cncc(S(C)(=O)=O)c3)c(CN3CCCC[C@H]3C(=O)O)cc2Cl)cccc1-c1cccc(OCCCN2CC[C@@H](O)C2)c1C. The van der Waals surface area contributed by atoms with Crippen molar-refractivity contribution in [2.24, 2.45) is 0 Å². The van der Waals surface area contributed by atoms with Crippen molar-refractivity contribution in [1.82, 2.24) is 14.8 Å². The number of ether oxygens (including phenoxy) is 3. The third-order valence-electron chi connectivity index (χ3n) is 10.5. The highest BCUT2D eigenvalue weighted by atomic mass is 35.5. The molecule has 6 rings (SSSR count). The number of carboxylic acid groups (broad SMARTS) is 1. The number of halogens is 1. The van der Waals surface area contributed by atoms with Gasteiger partial charge in [-0.2, -0.15) is 0 Å². The minimum atomic E-state index is -3.47. The molecule has 2 aliphatic heterocycles. The van der Waals surface area contributed by atoms with Crippen molar-refractivity contribution < 1.29 is 37.6 Å². The van der Waals surface area contributed by atoms with Crippen LogP contribution in [0.3, 0.4) is 0 Å². The summed E-state index contributed by atoms with van der Waals surface area (Å²) in [5, 5.41) is 20.1. The molecule has 0 saturated carbocycles. The second-order valence-corrected chi connectivity index (χ2v) is 17.0. The lowest BCUT2D eigenvalue weighted by molar-refractivity contribution is -0.144. The molecule has 55 heavy (non-hydrogen) atoms. The predicted octanol–water partition coefficient (Wildman–Crippen LogP) is 6.85. The van der Waals surface area contributed by atoms with Crippen LogP contribution in [0, 0.1) is 13.8 Å². The number of sulfone groups is 1. The molecule has 0 spiro atoms. The number of hydrogen-bond donors (Lipinski definition) is 2. The van der Waals surface area contributed by atoms with Crippen molar-refractivity contribution in [2.45, 2.75) is 82.8 Å². The van der Waals surface area contributed by atoms with Gasteiger partial charge < -0.3 is 29.3 Å². The van der Waals surface area contributed by atoms with Crippen molar-refractivity contribution in [3.63, 3.8) is 0 Å². The number of aromatic nitrogens is 1. The van der Waals surface area contributed by atoms with Crippen LogP contribution < -0.4 is 14.2 Å². The van der Waals surface area contributed by atoms with Gasteiger partial charge in [-0.15, -0.1) is 0 Å². The molecule has 2 aliphatic rings. The van der Waals surface area contributed by atoms with E-state index in [9.17, 15) is 23.4 Å². The van der Waals surface area contributed by atoms with E-state index in [1.54, 1.807) is 18.3 Å². The lowest BCUT2D eigenvalue weighted by Crippen LogP contribution is -2.44. The molecule has 0 bridgehead atoms. The number of benzene rings is 3. The lowest BCUT2D eigenvalue weighted by Gasteiger charge is -2.33. The van der Waals surface area contributed by atoms with Gasteiger partial charge in [-0.3, -0.25) is 14.7 Å². The number of likely N-dealkylation sites (tertiary alicyclic amines) is 2. The van der Waals surface area contributed by atoms with Crippen molar-refractivity contribution in [3.05, 3.63) is 99.8 Å². The Morgan fingerprint density at radius 2 is 1.65 bits per heavy atom. The first-order valence-corrected chi connectivity index (χ1v) is 21.0. The van der Waals surface area contributed by atoms with Gasteiger partial charge >= 0.3 is 5.97 Å². The van der Waals surface area contributed by atoms with Crippen LogP contribution in [0.1, 0.15) is 59.9 Å². The highest BCUT2D eigenvalue weighted by molar-refractivity contribution is 7.90. The molecule has 0 amide bonds. The summed E-state index contributed by atoms with van der Waals surface area (Å²) in [5.41, 5.74) is 6.49. The first-order chi connectivity index (χ1) is 26.4. The van der Waals surface area contributed by atoms with E-state index in [1.165, 1.54) is 12.3 Å².